The Labute approximate surface area is 178 Å². The predicted molar refractivity (Wildman–Crippen MR) is 129 cm³/mol. The number of rotatable bonds is 17. The summed E-state index contributed by atoms with van der Waals surface area (Å²) >= 11 is 0. The van der Waals surface area contributed by atoms with Crippen LogP contribution in [-0.2, 0) is 9.26 Å². The summed E-state index contributed by atoms with van der Waals surface area (Å²) in [5, 5.41) is 0.240. The molecule has 0 N–H and O–H groups in total. The largest absolute Gasteiger partial charge is 0.376 e. The van der Waals surface area contributed by atoms with Crippen molar-refractivity contribution >= 4 is 8.15 Å². The van der Waals surface area contributed by atoms with Crippen LogP contribution in [0.25, 0.3) is 0 Å². The van der Waals surface area contributed by atoms with Gasteiger partial charge in [-0.2, -0.15) is 0 Å². The maximum atomic E-state index is 6.49. The van der Waals surface area contributed by atoms with E-state index in [-0.39, 0.29) is 10.8 Å². The Kier molecular flexibility index (Phi) is 13.9. The van der Waals surface area contributed by atoms with Crippen molar-refractivity contribution in [3.05, 3.63) is 24.3 Å². The van der Waals surface area contributed by atoms with Crippen LogP contribution in [0.2, 0.25) is 0 Å². The van der Waals surface area contributed by atoms with Gasteiger partial charge in [-0.3, -0.25) is 0 Å². The topological polar surface area (TPSA) is 18.5 Å². The van der Waals surface area contributed by atoms with Crippen molar-refractivity contribution in [2.24, 2.45) is 5.92 Å². The molecule has 2 nitrogen and oxygen atoms in total. The van der Waals surface area contributed by atoms with Gasteiger partial charge in [0.15, 0.2) is 0 Å². The summed E-state index contributed by atoms with van der Waals surface area (Å²) in [4.78, 5) is 0. The zero-order valence-corrected chi connectivity index (χ0v) is 21.2. The highest BCUT2D eigenvalue weighted by atomic mass is 31.1. The third kappa shape index (κ3) is 10.6. The Morgan fingerprint density at radius 2 is 1.71 bits per heavy atom. The summed E-state index contributed by atoms with van der Waals surface area (Å²) in [5.74, 6) is 0.587. The Hall–Kier alpha value is -0.170. The lowest BCUT2D eigenvalue weighted by molar-refractivity contribution is -0.0337. The molecule has 0 amide bonds. The van der Waals surface area contributed by atoms with Crippen molar-refractivity contribution in [3.8, 4) is 0 Å². The Bertz CT molecular complexity index is 457. The van der Waals surface area contributed by atoms with E-state index in [4.69, 9.17) is 9.26 Å². The first-order valence-corrected chi connectivity index (χ1v) is 13.1. The van der Waals surface area contributed by atoms with Crippen molar-refractivity contribution < 1.29 is 9.26 Å². The zero-order valence-electron chi connectivity index (χ0n) is 20.3. The van der Waals surface area contributed by atoms with E-state index in [0.29, 0.717) is 5.92 Å². The molecule has 0 aromatic heterocycles. The molecule has 0 radical (unpaired) electrons. The van der Waals surface area contributed by atoms with Crippen LogP contribution in [0.3, 0.4) is 0 Å². The third-order valence-corrected chi connectivity index (χ3v) is 8.48. The van der Waals surface area contributed by atoms with Crippen LogP contribution < -0.4 is 0 Å². The Morgan fingerprint density at radius 3 is 2.21 bits per heavy atom. The van der Waals surface area contributed by atoms with Gasteiger partial charge in [-0.1, -0.05) is 64.8 Å². The summed E-state index contributed by atoms with van der Waals surface area (Å²) in [6, 6.07) is 0. The van der Waals surface area contributed by atoms with Crippen molar-refractivity contribution in [2.75, 3.05) is 19.9 Å². The molecule has 0 aromatic carbocycles. The molecular weight excluding hydrogens is 363 g/mol. The summed E-state index contributed by atoms with van der Waals surface area (Å²) in [5.41, 5.74) is 2.18. The molecule has 0 fully saturated rings. The zero-order chi connectivity index (χ0) is 21.8. The van der Waals surface area contributed by atoms with Crippen LogP contribution >= 0.6 is 8.15 Å². The van der Waals surface area contributed by atoms with E-state index in [1.807, 2.05) is 6.92 Å². The minimum Gasteiger partial charge on any atom is -0.376 e. The lowest BCUT2D eigenvalue weighted by Gasteiger charge is -2.43. The van der Waals surface area contributed by atoms with Crippen molar-refractivity contribution in [1.29, 1.82) is 0 Å². The van der Waals surface area contributed by atoms with Crippen LogP contribution in [0.15, 0.2) is 24.3 Å². The highest BCUT2D eigenvalue weighted by Gasteiger charge is 2.40. The molecule has 0 spiro atoms. The minimum atomic E-state index is -0.501. The van der Waals surface area contributed by atoms with Crippen LogP contribution in [0.1, 0.15) is 99.8 Å². The molecule has 3 unspecified atom stereocenters. The average molecular weight is 413 g/mol. The van der Waals surface area contributed by atoms with Gasteiger partial charge in [-0.25, -0.2) is 0 Å². The van der Waals surface area contributed by atoms with Crippen LogP contribution in [0, 0.1) is 5.92 Å². The quantitative estimate of drug-likeness (QED) is 0.135. The average Bonchev–Trinajstić information content (AvgIpc) is 2.60. The van der Waals surface area contributed by atoms with Gasteiger partial charge in [-0.05, 0) is 71.9 Å². The first-order chi connectivity index (χ1) is 13.0. The molecule has 0 aliphatic carbocycles. The van der Waals surface area contributed by atoms with Crippen molar-refractivity contribution in [2.45, 2.75) is 111 Å². The molecule has 0 rings (SSSR count). The lowest BCUT2D eigenvalue weighted by Crippen LogP contribution is -2.38. The Morgan fingerprint density at radius 1 is 1.07 bits per heavy atom. The molecule has 0 aliphatic rings. The Balaban J connectivity index is 4.84. The van der Waals surface area contributed by atoms with Crippen LogP contribution in [0.5, 0.6) is 0 Å². The summed E-state index contributed by atoms with van der Waals surface area (Å²) in [6.45, 7) is 27.9. The molecule has 0 saturated heterocycles. The molecule has 0 heterocycles. The van der Waals surface area contributed by atoms with Gasteiger partial charge >= 0.3 is 0 Å². The van der Waals surface area contributed by atoms with E-state index in [9.17, 15) is 0 Å². The molecule has 166 valence electrons. The van der Waals surface area contributed by atoms with Crippen LogP contribution in [0.4, 0.5) is 0 Å². The second-order valence-corrected chi connectivity index (χ2v) is 11.5. The number of hydrogen-bond donors (Lipinski definition) is 0. The van der Waals surface area contributed by atoms with Gasteiger partial charge in [0.25, 0.3) is 0 Å². The summed E-state index contributed by atoms with van der Waals surface area (Å²) in [7, 11) is -0.501. The maximum Gasteiger partial charge on any atom is 0.0636 e. The number of allylic oxidation sites excluding steroid dienone is 2. The van der Waals surface area contributed by atoms with Crippen molar-refractivity contribution in [1.82, 2.24) is 0 Å². The predicted octanol–water partition coefficient (Wildman–Crippen LogP) is 8.51. The summed E-state index contributed by atoms with van der Waals surface area (Å²) in [6.07, 6.45) is 9.08. The van der Waals surface area contributed by atoms with Gasteiger partial charge in [0.2, 0.25) is 0 Å². The fraction of sp³-hybridized carbons (Fsp3) is 0.840. The van der Waals surface area contributed by atoms with Gasteiger partial charge in [-0.15, -0.1) is 0 Å². The fourth-order valence-electron chi connectivity index (χ4n) is 3.91. The van der Waals surface area contributed by atoms with Crippen molar-refractivity contribution in [3.63, 3.8) is 0 Å². The SMILES string of the molecule is C=C(C)C(=C)CC(C)CCOP(C)C(CC)(CCC)CC(C)(C)OCCCC. The van der Waals surface area contributed by atoms with E-state index in [2.05, 4.69) is 61.4 Å². The lowest BCUT2D eigenvalue weighted by atomic mass is 9.87. The summed E-state index contributed by atoms with van der Waals surface area (Å²) < 4.78 is 12.8. The minimum absolute atomic E-state index is 0.0905. The monoisotopic (exact) mass is 412 g/mol. The normalized spacial score (nSPS) is 16.4. The molecule has 0 saturated carbocycles. The molecule has 0 aliphatic heterocycles. The third-order valence-electron chi connectivity index (χ3n) is 5.88. The van der Waals surface area contributed by atoms with Gasteiger partial charge in [0.1, 0.15) is 0 Å². The fourth-order valence-corrected chi connectivity index (χ4v) is 6.15. The highest BCUT2D eigenvalue weighted by molar-refractivity contribution is 7.53. The smallest absolute Gasteiger partial charge is 0.0636 e. The van der Waals surface area contributed by atoms with E-state index in [1.165, 1.54) is 24.8 Å². The molecule has 0 bridgehead atoms. The first-order valence-electron chi connectivity index (χ1n) is 11.4. The molecular formula is C25H49O2P. The van der Waals surface area contributed by atoms with E-state index in [1.54, 1.807) is 0 Å². The van der Waals surface area contributed by atoms with E-state index >= 15 is 0 Å². The molecule has 3 atom stereocenters. The number of ether oxygens (including phenoxy) is 1. The second-order valence-electron chi connectivity index (χ2n) is 9.28. The number of hydrogen-bond acceptors (Lipinski definition) is 2. The standard InChI is InChI=1S/C25H49O2P/c1-11-14-17-26-24(8,9)20-25(13-3,16-12-2)28(10)27-18-15-22(6)19-23(7)21(4)5/h22H,4,7,11-20H2,1-3,5-6,8-10H3. The second kappa shape index (κ2) is 13.9. The van der Waals surface area contributed by atoms with Gasteiger partial charge < -0.3 is 9.26 Å². The van der Waals surface area contributed by atoms with E-state index in [0.717, 1.165) is 50.9 Å². The highest BCUT2D eigenvalue weighted by Crippen LogP contribution is 2.56. The molecule has 0 aromatic rings. The first kappa shape index (κ1) is 27.8. The maximum absolute atomic E-state index is 6.49. The molecule has 3 heteroatoms. The van der Waals surface area contributed by atoms with E-state index < -0.39 is 8.15 Å². The van der Waals surface area contributed by atoms with Gasteiger partial charge in [0, 0.05) is 19.9 Å². The van der Waals surface area contributed by atoms with Crippen LogP contribution in [-0.4, -0.2) is 30.6 Å². The van der Waals surface area contributed by atoms with Gasteiger partial charge in [0.05, 0.1) is 12.2 Å². The molecule has 28 heavy (non-hydrogen) atoms. The number of unbranched alkanes of at least 4 members (excludes halogenated alkanes) is 1.